The molecule has 234 valence electrons. The van der Waals surface area contributed by atoms with Gasteiger partial charge in [-0.15, -0.1) is 11.8 Å². The van der Waals surface area contributed by atoms with Crippen molar-refractivity contribution in [3.8, 4) is 0 Å². The number of nitrogens with one attached hydrogen (secondary N) is 1. The highest BCUT2D eigenvalue weighted by Gasteiger charge is 2.50. The van der Waals surface area contributed by atoms with E-state index >= 15 is 0 Å². The number of aromatic nitrogens is 1. The third-order valence-electron chi connectivity index (χ3n) is 9.14. The first-order chi connectivity index (χ1) is 20.1. The largest absolute Gasteiger partial charge is 0.444 e. The lowest BCUT2D eigenvalue weighted by atomic mass is 9.49. The van der Waals surface area contributed by atoms with Crippen LogP contribution in [0, 0.1) is 23.2 Å². The Morgan fingerprint density at radius 1 is 1.14 bits per heavy atom. The summed E-state index contributed by atoms with van der Waals surface area (Å²) in [5.41, 5.74) is 0.150. The molecular weight excluding hydrogens is 574 g/mol. The zero-order chi connectivity index (χ0) is 29.7. The lowest BCUT2D eigenvalue weighted by molar-refractivity contribution is -0.163. The Morgan fingerprint density at radius 3 is 2.50 bits per heavy atom. The lowest BCUT2D eigenvalue weighted by Gasteiger charge is -2.56. The summed E-state index contributed by atoms with van der Waals surface area (Å²) in [5, 5.41) is 4.31. The number of nitrogens with zero attached hydrogens (tertiary/aromatic N) is 2. The molecule has 5 fully saturated rings. The van der Waals surface area contributed by atoms with Gasteiger partial charge in [0.25, 0.3) is 5.91 Å². The Morgan fingerprint density at radius 2 is 1.86 bits per heavy atom. The second kappa shape index (κ2) is 14.0. The molecule has 4 aliphatic carbocycles. The summed E-state index contributed by atoms with van der Waals surface area (Å²) >= 11 is 7.94. The Labute approximate surface area is 260 Å². The SMILES string of the molecule is CC(C)(C)OC(=O)N(CCCOC1CCCCO1)CCSc1cc(C(=O)NCC23CC4CC(CC(C4)C2)C3)c(Cl)cn1. The minimum Gasteiger partial charge on any atom is -0.444 e. The summed E-state index contributed by atoms with van der Waals surface area (Å²) in [5.74, 6) is 3.02. The van der Waals surface area contributed by atoms with Crippen molar-refractivity contribution in [2.45, 2.75) is 102 Å². The van der Waals surface area contributed by atoms with Crippen molar-refractivity contribution in [2.24, 2.45) is 23.2 Å². The number of carbonyl (C=O) groups is 2. The molecule has 1 N–H and O–H groups in total. The van der Waals surface area contributed by atoms with Crippen LogP contribution in [0.25, 0.3) is 0 Å². The fourth-order valence-electron chi connectivity index (χ4n) is 7.74. The molecule has 0 aromatic carbocycles. The van der Waals surface area contributed by atoms with Crippen molar-refractivity contribution in [1.29, 1.82) is 0 Å². The van der Waals surface area contributed by atoms with Crippen LogP contribution >= 0.6 is 23.4 Å². The summed E-state index contributed by atoms with van der Waals surface area (Å²) in [4.78, 5) is 32.3. The maximum atomic E-state index is 13.3. The summed E-state index contributed by atoms with van der Waals surface area (Å²) in [6.07, 6.45) is 12.8. The molecular formula is C32H48ClN3O5S. The van der Waals surface area contributed by atoms with Crippen LogP contribution in [0.2, 0.25) is 5.02 Å². The molecule has 1 aliphatic heterocycles. The van der Waals surface area contributed by atoms with E-state index in [0.717, 1.165) is 50.2 Å². The van der Waals surface area contributed by atoms with Gasteiger partial charge < -0.3 is 24.4 Å². The predicted molar refractivity (Wildman–Crippen MR) is 165 cm³/mol. The van der Waals surface area contributed by atoms with Crippen LogP contribution in [0.15, 0.2) is 17.3 Å². The molecule has 0 radical (unpaired) electrons. The molecule has 1 aromatic rings. The Kier molecular flexibility index (Phi) is 10.7. The zero-order valence-electron chi connectivity index (χ0n) is 25.5. The van der Waals surface area contributed by atoms with Crippen LogP contribution in [0.5, 0.6) is 0 Å². The average molecular weight is 622 g/mol. The number of rotatable bonds is 12. The van der Waals surface area contributed by atoms with E-state index in [1.807, 2.05) is 20.8 Å². The van der Waals surface area contributed by atoms with Crippen molar-refractivity contribution in [1.82, 2.24) is 15.2 Å². The molecule has 6 rings (SSSR count). The molecule has 1 atom stereocenters. The average Bonchev–Trinajstić information content (AvgIpc) is 2.93. The van der Waals surface area contributed by atoms with Crippen LogP contribution in [0.4, 0.5) is 4.79 Å². The fraction of sp³-hybridized carbons (Fsp3) is 0.781. The quantitative estimate of drug-likeness (QED) is 0.200. The molecule has 5 aliphatic rings. The number of hydrogen-bond acceptors (Lipinski definition) is 7. The Hall–Kier alpha value is -1.55. The maximum absolute atomic E-state index is 13.3. The van der Waals surface area contributed by atoms with Crippen LogP contribution in [-0.4, -0.2) is 72.4 Å². The van der Waals surface area contributed by atoms with Crippen molar-refractivity contribution < 1.29 is 23.8 Å². The summed E-state index contributed by atoms with van der Waals surface area (Å²) < 4.78 is 17.2. The molecule has 1 aromatic heterocycles. The van der Waals surface area contributed by atoms with Gasteiger partial charge in [-0.05, 0) is 114 Å². The minimum atomic E-state index is -0.578. The number of thioether (sulfide) groups is 1. The van der Waals surface area contributed by atoms with Gasteiger partial charge >= 0.3 is 6.09 Å². The first kappa shape index (κ1) is 31.9. The van der Waals surface area contributed by atoms with Crippen LogP contribution < -0.4 is 5.32 Å². The van der Waals surface area contributed by atoms with E-state index < -0.39 is 5.60 Å². The molecule has 8 nitrogen and oxygen atoms in total. The topological polar surface area (TPSA) is 90.0 Å². The van der Waals surface area contributed by atoms with E-state index in [1.165, 1.54) is 50.3 Å². The van der Waals surface area contributed by atoms with Gasteiger partial charge in [0.1, 0.15) is 5.60 Å². The maximum Gasteiger partial charge on any atom is 0.410 e. The standard InChI is InChI=1S/C32H48ClN3O5S/c1-31(2,3)41-30(38)36(8-6-11-40-28-7-4-5-10-39-28)9-12-42-27-16-25(26(33)20-34-27)29(37)35-21-32-17-22-13-23(18-32)15-24(14-22)19-32/h16,20,22-24,28H,4-15,17-19,21H2,1-3H3,(H,35,37). The normalized spacial score (nSPS) is 28.5. The Bertz CT molecular complexity index is 1060. The summed E-state index contributed by atoms with van der Waals surface area (Å²) in [7, 11) is 0. The van der Waals surface area contributed by atoms with Crippen molar-refractivity contribution in [3.63, 3.8) is 0 Å². The molecule has 1 saturated heterocycles. The number of amides is 2. The van der Waals surface area contributed by atoms with Gasteiger partial charge in [-0.3, -0.25) is 4.79 Å². The first-order valence-corrected chi connectivity index (χ1v) is 17.2. The number of halogens is 1. The van der Waals surface area contributed by atoms with Crippen LogP contribution in [-0.2, 0) is 14.2 Å². The smallest absolute Gasteiger partial charge is 0.410 e. The number of hydrogen-bond donors (Lipinski definition) is 1. The third kappa shape index (κ3) is 8.76. The lowest BCUT2D eigenvalue weighted by Crippen LogP contribution is -2.51. The molecule has 1 unspecified atom stereocenters. The number of ether oxygens (including phenoxy) is 3. The Balaban J connectivity index is 1.11. The summed E-state index contributed by atoms with van der Waals surface area (Å²) in [6.45, 7) is 8.62. The molecule has 42 heavy (non-hydrogen) atoms. The fourth-order valence-corrected chi connectivity index (χ4v) is 8.77. The van der Waals surface area contributed by atoms with Crippen molar-refractivity contribution >= 4 is 35.4 Å². The van der Waals surface area contributed by atoms with E-state index in [1.54, 1.807) is 17.2 Å². The monoisotopic (exact) mass is 621 g/mol. The zero-order valence-corrected chi connectivity index (χ0v) is 27.1. The second-order valence-corrected chi connectivity index (χ2v) is 15.5. The molecule has 0 spiro atoms. The highest BCUT2D eigenvalue weighted by Crippen LogP contribution is 2.59. The third-order valence-corrected chi connectivity index (χ3v) is 10.3. The molecule has 4 saturated carbocycles. The van der Waals surface area contributed by atoms with Crippen LogP contribution in [0.1, 0.15) is 95.3 Å². The van der Waals surface area contributed by atoms with E-state index in [2.05, 4.69) is 10.3 Å². The van der Waals surface area contributed by atoms with Crippen molar-refractivity contribution in [3.05, 3.63) is 22.8 Å². The van der Waals surface area contributed by atoms with Gasteiger partial charge in [0.2, 0.25) is 0 Å². The van der Waals surface area contributed by atoms with E-state index in [9.17, 15) is 9.59 Å². The molecule has 2 heterocycles. The van der Waals surface area contributed by atoms with Gasteiger partial charge in [0.05, 0.1) is 22.2 Å². The van der Waals surface area contributed by atoms with Crippen molar-refractivity contribution in [2.75, 3.05) is 38.6 Å². The predicted octanol–water partition coefficient (Wildman–Crippen LogP) is 6.94. The molecule has 2 amide bonds. The van der Waals surface area contributed by atoms with Gasteiger partial charge in [0.15, 0.2) is 6.29 Å². The second-order valence-electron chi connectivity index (χ2n) is 13.9. The molecule has 4 bridgehead atoms. The minimum absolute atomic E-state index is 0.127. The van der Waals surface area contributed by atoms with Crippen LogP contribution in [0.3, 0.4) is 0 Å². The van der Waals surface area contributed by atoms with E-state index in [4.69, 9.17) is 25.8 Å². The van der Waals surface area contributed by atoms with Gasteiger partial charge in [-0.1, -0.05) is 11.6 Å². The highest BCUT2D eigenvalue weighted by molar-refractivity contribution is 7.99. The van der Waals surface area contributed by atoms with Gasteiger partial charge in [-0.2, -0.15) is 0 Å². The number of carbonyl (C=O) groups excluding carboxylic acids is 2. The highest BCUT2D eigenvalue weighted by atomic mass is 35.5. The number of pyridine rings is 1. The van der Waals surface area contributed by atoms with E-state index in [0.29, 0.717) is 47.5 Å². The summed E-state index contributed by atoms with van der Waals surface area (Å²) in [6, 6.07) is 1.78. The van der Waals surface area contributed by atoms with Gasteiger partial charge in [-0.25, -0.2) is 9.78 Å². The van der Waals surface area contributed by atoms with E-state index in [-0.39, 0.29) is 23.7 Å². The molecule has 10 heteroatoms. The van der Waals surface area contributed by atoms with Gasteiger partial charge in [0, 0.05) is 38.2 Å². The first-order valence-electron chi connectivity index (χ1n) is 15.9.